The summed E-state index contributed by atoms with van der Waals surface area (Å²) in [5.74, 6) is 0.556. The van der Waals surface area contributed by atoms with Crippen molar-refractivity contribution in [2.24, 2.45) is 0 Å². The zero-order chi connectivity index (χ0) is 24.8. The third-order valence-electron chi connectivity index (χ3n) is 6.68. The summed E-state index contributed by atoms with van der Waals surface area (Å²) < 4.78 is 2.07. The number of hydrogen-bond donors (Lipinski definition) is 1. The number of pyridine rings is 1. The van der Waals surface area contributed by atoms with Crippen LogP contribution < -0.4 is 5.32 Å². The molecule has 0 radical (unpaired) electrons. The molecule has 1 unspecified atom stereocenters. The van der Waals surface area contributed by atoms with Gasteiger partial charge in [-0.1, -0.05) is 63.1 Å². The monoisotopic (exact) mass is 488 g/mol. The van der Waals surface area contributed by atoms with Crippen LogP contribution in [0.15, 0.2) is 47.9 Å². The molecule has 1 N–H and O–H groups in total. The average molecular weight is 489 g/mol. The molecule has 1 aliphatic rings. The largest absolute Gasteiger partial charge is 0.337 e. The number of nitriles is 1. The molecule has 1 fully saturated rings. The summed E-state index contributed by atoms with van der Waals surface area (Å²) >= 11 is 1.37. The van der Waals surface area contributed by atoms with Crippen LogP contribution in [0.25, 0.3) is 17.1 Å². The fourth-order valence-electron chi connectivity index (χ4n) is 4.70. The fourth-order valence-corrected chi connectivity index (χ4v) is 5.55. The molecule has 4 rings (SSSR count). The second kappa shape index (κ2) is 11.0. The maximum atomic E-state index is 13.2. The van der Waals surface area contributed by atoms with Crippen LogP contribution in [0.4, 0.5) is 0 Å². The van der Waals surface area contributed by atoms with Gasteiger partial charge in [-0.25, -0.2) is 0 Å². The van der Waals surface area contributed by atoms with Gasteiger partial charge >= 0.3 is 0 Å². The Morgan fingerprint density at radius 2 is 1.86 bits per heavy atom. The van der Waals surface area contributed by atoms with E-state index in [1.54, 1.807) is 12.4 Å². The number of nitrogens with one attached hydrogen (secondary N) is 1. The van der Waals surface area contributed by atoms with Crippen molar-refractivity contribution >= 4 is 17.7 Å². The van der Waals surface area contributed by atoms with E-state index in [1.807, 2.05) is 19.1 Å². The van der Waals surface area contributed by atoms with Crippen molar-refractivity contribution in [3.63, 3.8) is 0 Å². The van der Waals surface area contributed by atoms with Crippen LogP contribution in [-0.2, 0) is 17.6 Å². The lowest BCUT2D eigenvalue weighted by molar-refractivity contribution is -0.121. The van der Waals surface area contributed by atoms with Crippen LogP contribution in [0.2, 0.25) is 0 Å². The van der Waals surface area contributed by atoms with Crippen molar-refractivity contribution in [1.82, 2.24) is 25.1 Å². The third-order valence-corrected chi connectivity index (χ3v) is 7.72. The van der Waals surface area contributed by atoms with Crippen LogP contribution in [0.5, 0.6) is 0 Å². The first-order valence-corrected chi connectivity index (χ1v) is 13.3. The molecule has 0 saturated heterocycles. The first-order valence-electron chi connectivity index (χ1n) is 12.4. The van der Waals surface area contributed by atoms with Crippen LogP contribution in [0, 0.1) is 11.3 Å². The van der Waals surface area contributed by atoms with Gasteiger partial charge in [0, 0.05) is 18.0 Å². The molecule has 2 heterocycles. The Bertz CT molecular complexity index is 1190. The Morgan fingerprint density at radius 3 is 2.46 bits per heavy atom. The van der Waals surface area contributed by atoms with Gasteiger partial charge < -0.3 is 5.32 Å². The fraction of sp³-hybridized carbons (Fsp3) is 0.444. The third kappa shape index (κ3) is 5.25. The highest BCUT2D eigenvalue weighted by Gasteiger charge is 2.35. The van der Waals surface area contributed by atoms with E-state index in [4.69, 9.17) is 0 Å². The quantitative estimate of drug-likeness (QED) is 0.434. The van der Waals surface area contributed by atoms with Gasteiger partial charge in [-0.3, -0.25) is 14.3 Å². The molecule has 0 spiro atoms. The molecule has 1 aromatic carbocycles. The van der Waals surface area contributed by atoms with E-state index < -0.39 is 10.8 Å². The number of thioether (sulfide) groups is 1. The van der Waals surface area contributed by atoms with E-state index in [0.717, 1.165) is 43.4 Å². The lowest BCUT2D eigenvalue weighted by atomic mass is 9.83. The molecule has 8 heteroatoms. The van der Waals surface area contributed by atoms with Gasteiger partial charge in [-0.2, -0.15) is 5.26 Å². The van der Waals surface area contributed by atoms with Gasteiger partial charge in [0.25, 0.3) is 0 Å². The lowest BCUT2D eigenvalue weighted by Gasteiger charge is -2.32. The Morgan fingerprint density at radius 1 is 1.14 bits per heavy atom. The van der Waals surface area contributed by atoms with E-state index in [1.165, 1.54) is 22.9 Å². The summed E-state index contributed by atoms with van der Waals surface area (Å²) in [6.07, 6.45) is 9.69. The molecule has 2 aromatic heterocycles. The zero-order valence-electron chi connectivity index (χ0n) is 20.6. The average Bonchev–Trinajstić information content (AvgIpc) is 3.31. The summed E-state index contributed by atoms with van der Waals surface area (Å²) in [7, 11) is 0. The molecule has 35 heavy (non-hydrogen) atoms. The van der Waals surface area contributed by atoms with Crippen LogP contribution in [0.3, 0.4) is 0 Å². The SMILES string of the molecule is CCc1cccc(CC)c1-n1c(SC(C)C(=O)NC2(C#N)CCCCC2)nnc1-c1cccnc1. The first-order chi connectivity index (χ1) is 17.0. The van der Waals surface area contributed by atoms with Gasteiger partial charge in [-0.05, 0) is 55.9 Å². The van der Waals surface area contributed by atoms with Gasteiger partial charge in [0.15, 0.2) is 11.0 Å². The van der Waals surface area contributed by atoms with Crippen molar-refractivity contribution in [2.75, 3.05) is 0 Å². The molecule has 1 amide bonds. The van der Waals surface area contributed by atoms with Crippen molar-refractivity contribution < 1.29 is 4.79 Å². The number of nitrogens with zero attached hydrogens (tertiary/aromatic N) is 5. The van der Waals surface area contributed by atoms with E-state index in [2.05, 4.69) is 63.2 Å². The van der Waals surface area contributed by atoms with E-state index in [-0.39, 0.29) is 5.91 Å². The minimum Gasteiger partial charge on any atom is -0.337 e. The number of hydrogen-bond acceptors (Lipinski definition) is 6. The van der Waals surface area contributed by atoms with E-state index in [9.17, 15) is 10.1 Å². The second-order valence-corrected chi connectivity index (χ2v) is 10.3. The topological polar surface area (TPSA) is 96.5 Å². The van der Waals surface area contributed by atoms with Crippen molar-refractivity contribution in [3.8, 4) is 23.1 Å². The van der Waals surface area contributed by atoms with Crippen molar-refractivity contribution in [2.45, 2.75) is 81.7 Å². The molecule has 1 atom stereocenters. The lowest BCUT2D eigenvalue weighted by Crippen LogP contribution is -2.51. The molecule has 0 bridgehead atoms. The summed E-state index contributed by atoms with van der Waals surface area (Å²) in [6.45, 7) is 6.14. The van der Waals surface area contributed by atoms with E-state index in [0.29, 0.717) is 23.8 Å². The second-order valence-electron chi connectivity index (χ2n) is 9.02. The van der Waals surface area contributed by atoms with Crippen LogP contribution >= 0.6 is 11.8 Å². The Hall–Kier alpha value is -3.18. The normalized spacial score (nSPS) is 15.8. The molecule has 182 valence electrons. The summed E-state index contributed by atoms with van der Waals surface area (Å²) in [5.41, 5.74) is 3.56. The Balaban J connectivity index is 1.72. The zero-order valence-corrected chi connectivity index (χ0v) is 21.4. The van der Waals surface area contributed by atoms with E-state index >= 15 is 0 Å². The van der Waals surface area contributed by atoms with Gasteiger partial charge in [-0.15, -0.1) is 10.2 Å². The predicted molar refractivity (Wildman–Crippen MR) is 138 cm³/mol. The van der Waals surface area contributed by atoms with Crippen molar-refractivity contribution in [1.29, 1.82) is 5.26 Å². The maximum Gasteiger partial charge on any atom is 0.234 e. The number of rotatable bonds is 8. The molecule has 1 saturated carbocycles. The number of aryl methyl sites for hydroxylation is 2. The molecular weight excluding hydrogens is 456 g/mol. The van der Waals surface area contributed by atoms with Gasteiger partial charge in [0.05, 0.1) is 17.0 Å². The van der Waals surface area contributed by atoms with Gasteiger partial charge in [0.2, 0.25) is 5.91 Å². The minimum absolute atomic E-state index is 0.143. The molecule has 3 aromatic rings. The number of carbonyl (C=O) groups excluding carboxylic acids is 1. The highest BCUT2D eigenvalue weighted by molar-refractivity contribution is 8.00. The molecular formula is C27H32N6OS. The highest BCUT2D eigenvalue weighted by Crippen LogP contribution is 2.34. The summed E-state index contributed by atoms with van der Waals surface area (Å²) in [4.78, 5) is 17.5. The van der Waals surface area contributed by atoms with Gasteiger partial charge in [0.1, 0.15) is 5.54 Å². The number of aromatic nitrogens is 4. The number of amides is 1. The first kappa shape index (κ1) is 24.9. The van der Waals surface area contributed by atoms with Crippen LogP contribution in [-0.4, -0.2) is 36.4 Å². The summed E-state index contributed by atoms with van der Waals surface area (Å²) in [6, 6.07) is 12.6. The maximum absolute atomic E-state index is 13.2. The number of benzene rings is 1. The Labute approximate surface area is 211 Å². The molecule has 7 nitrogen and oxygen atoms in total. The number of carbonyl (C=O) groups is 1. The molecule has 0 aliphatic heterocycles. The van der Waals surface area contributed by atoms with Crippen LogP contribution in [0.1, 0.15) is 64.0 Å². The standard InChI is InChI=1S/C27H32N6OS/c1-4-20-11-9-12-21(5-2)23(20)33-24(22-13-10-16-29-17-22)31-32-26(33)35-19(3)25(34)30-27(18-28)14-7-6-8-15-27/h9-13,16-17,19H,4-8,14-15H2,1-3H3,(H,30,34). The number of para-hydroxylation sites is 1. The predicted octanol–water partition coefficient (Wildman–Crippen LogP) is 5.28. The smallest absolute Gasteiger partial charge is 0.234 e. The Kier molecular flexibility index (Phi) is 7.86. The highest BCUT2D eigenvalue weighted by atomic mass is 32.2. The minimum atomic E-state index is -0.761. The molecule has 1 aliphatic carbocycles. The summed E-state index contributed by atoms with van der Waals surface area (Å²) in [5, 5.41) is 22.1. The van der Waals surface area contributed by atoms with Crippen molar-refractivity contribution in [3.05, 3.63) is 53.9 Å².